The fourth-order valence-electron chi connectivity index (χ4n) is 4.23. The van der Waals surface area contributed by atoms with Crippen molar-refractivity contribution in [3.63, 3.8) is 0 Å². The summed E-state index contributed by atoms with van der Waals surface area (Å²) in [7, 11) is 1.66. The number of methoxy groups -OCH3 is 1. The number of ether oxygens (including phenoxy) is 2. The van der Waals surface area contributed by atoms with Crippen LogP contribution >= 0.6 is 0 Å². The van der Waals surface area contributed by atoms with Crippen LogP contribution in [0.25, 0.3) is 10.9 Å². The third-order valence-electron chi connectivity index (χ3n) is 6.60. The molecule has 1 saturated carbocycles. The van der Waals surface area contributed by atoms with Crippen LogP contribution in [0.15, 0.2) is 60.6 Å². The molecular weight excluding hydrogens is 466 g/mol. The topological polar surface area (TPSA) is 88.6 Å². The Morgan fingerprint density at radius 2 is 2.00 bits per heavy atom. The van der Waals surface area contributed by atoms with Crippen LogP contribution in [0, 0.1) is 5.92 Å². The van der Waals surface area contributed by atoms with E-state index in [2.05, 4.69) is 39.7 Å². The van der Waals surface area contributed by atoms with Crippen molar-refractivity contribution in [2.75, 3.05) is 44.0 Å². The molecule has 2 aromatic carbocycles. The highest BCUT2D eigenvalue weighted by Gasteiger charge is 2.24. The zero-order chi connectivity index (χ0) is 26.2. The van der Waals surface area contributed by atoms with Crippen molar-refractivity contribution < 1.29 is 14.3 Å². The van der Waals surface area contributed by atoms with Gasteiger partial charge in [0.1, 0.15) is 17.9 Å². The molecular formula is C29H37N5O3. The lowest BCUT2D eigenvalue weighted by atomic mass is 10.1. The molecule has 37 heavy (non-hydrogen) atoms. The normalized spacial score (nSPS) is 14.3. The number of carbonyl (C=O) groups excluding carboxylic acids is 1. The van der Waals surface area contributed by atoms with Crippen LogP contribution in [-0.4, -0.2) is 54.2 Å². The van der Waals surface area contributed by atoms with Gasteiger partial charge in [-0.15, -0.1) is 0 Å². The van der Waals surface area contributed by atoms with Gasteiger partial charge >= 0.3 is 0 Å². The van der Waals surface area contributed by atoms with Gasteiger partial charge in [0.25, 0.3) is 5.91 Å². The molecule has 1 aliphatic carbocycles. The maximum Gasteiger partial charge on any atom is 0.271 e. The number of fused-ring (bicyclic) bond motifs is 1. The van der Waals surface area contributed by atoms with Crippen molar-refractivity contribution in [3.8, 4) is 5.75 Å². The Labute approximate surface area is 219 Å². The lowest BCUT2D eigenvalue weighted by Gasteiger charge is -2.25. The molecule has 1 aromatic heterocycles. The number of likely N-dealkylation sites (N-methyl/N-ethyl adjacent to an activating group) is 1. The highest BCUT2D eigenvalue weighted by molar-refractivity contribution is 6.06. The Kier molecular flexibility index (Phi) is 8.95. The molecule has 0 radical (unpaired) electrons. The molecule has 8 heteroatoms. The minimum atomic E-state index is -0.194. The Balaban J connectivity index is 1.65. The molecule has 0 saturated heterocycles. The fourth-order valence-corrected chi connectivity index (χ4v) is 4.23. The van der Waals surface area contributed by atoms with E-state index in [4.69, 9.17) is 9.47 Å². The van der Waals surface area contributed by atoms with Gasteiger partial charge in [-0.3, -0.25) is 4.79 Å². The number of amides is 1. The summed E-state index contributed by atoms with van der Waals surface area (Å²) in [5.74, 6) is 1.69. The first-order valence-corrected chi connectivity index (χ1v) is 13.0. The zero-order valence-electron chi connectivity index (χ0n) is 22.2. The number of benzene rings is 2. The van der Waals surface area contributed by atoms with Gasteiger partial charge in [0, 0.05) is 37.7 Å². The molecule has 8 nitrogen and oxygen atoms in total. The van der Waals surface area contributed by atoms with E-state index in [0.717, 1.165) is 16.5 Å². The summed E-state index contributed by atoms with van der Waals surface area (Å²) < 4.78 is 11.4. The molecule has 1 aliphatic rings. The zero-order valence-corrected chi connectivity index (χ0v) is 22.2. The van der Waals surface area contributed by atoms with Crippen LogP contribution in [0.5, 0.6) is 5.75 Å². The molecule has 1 atom stereocenters. The number of anilines is 2. The lowest BCUT2D eigenvalue weighted by Crippen LogP contribution is -2.33. The van der Waals surface area contributed by atoms with Crippen molar-refractivity contribution in [1.82, 2.24) is 14.9 Å². The summed E-state index contributed by atoms with van der Waals surface area (Å²) >= 11 is 0. The van der Waals surface area contributed by atoms with Gasteiger partial charge < -0.3 is 25.0 Å². The highest BCUT2D eigenvalue weighted by atomic mass is 16.5. The van der Waals surface area contributed by atoms with Crippen molar-refractivity contribution in [2.45, 2.75) is 39.7 Å². The van der Waals surface area contributed by atoms with Crippen molar-refractivity contribution in [3.05, 3.63) is 66.1 Å². The van der Waals surface area contributed by atoms with Gasteiger partial charge in [-0.2, -0.15) is 0 Å². The van der Waals surface area contributed by atoms with Gasteiger partial charge in [-0.25, -0.2) is 9.97 Å². The van der Waals surface area contributed by atoms with E-state index < -0.39 is 0 Å². The van der Waals surface area contributed by atoms with Crippen LogP contribution in [-0.2, 0) is 9.53 Å². The first-order chi connectivity index (χ1) is 18.0. The van der Waals surface area contributed by atoms with E-state index in [1.54, 1.807) is 13.4 Å². The highest BCUT2D eigenvalue weighted by Crippen LogP contribution is 2.36. The Morgan fingerprint density at radius 3 is 2.68 bits per heavy atom. The molecule has 0 unspecified atom stereocenters. The Hall–Kier alpha value is -3.65. The lowest BCUT2D eigenvalue weighted by molar-refractivity contribution is -0.114. The molecule has 0 aliphatic heterocycles. The number of nitrogens with one attached hydrogen (secondary N) is 2. The summed E-state index contributed by atoms with van der Waals surface area (Å²) in [6, 6.07) is 14.1. The third kappa shape index (κ3) is 6.77. The first-order valence-electron chi connectivity index (χ1n) is 13.0. The van der Waals surface area contributed by atoms with Crippen LogP contribution < -0.4 is 15.4 Å². The maximum absolute atomic E-state index is 13.4. The van der Waals surface area contributed by atoms with Crippen LogP contribution in [0.3, 0.4) is 0 Å². The monoisotopic (exact) mass is 503 g/mol. The summed E-state index contributed by atoms with van der Waals surface area (Å²) in [5.41, 5.74) is 3.10. The third-order valence-corrected chi connectivity index (χ3v) is 6.60. The van der Waals surface area contributed by atoms with E-state index in [-0.39, 0.29) is 11.9 Å². The number of carbonyl (C=O) groups is 1. The smallest absolute Gasteiger partial charge is 0.271 e. The minimum absolute atomic E-state index is 0.0386. The molecule has 1 heterocycles. The van der Waals surface area contributed by atoms with E-state index in [1.807, 2.05) is 55.2 Å². The number of rotatable bonds is 13. The maximum atomic E-state index is 13.4. The molecule has 2 N–H and O–H groups in total. The van der Waals surface area contributed by atoms with Crippen molar-refractivity contribution in [2.24, 2.45) is 5.92 Å². The number of aromatic nitrogens is 2. The van der Waals surface area contributed by atoms with E-state index >= 15 is 0 Å². The summed E-state index contributed by atoms with van der Waals surface area (Å²) in [6.45, 7) is 8.47. The van der Waals surface area contributed by atoms with Crippen LogP contribution in [0.2, 0.25) is 0 Å². The average Bonchev–Trinajstić information content (AvgIpc) is 3.75. The number of hydrogen-bond acceptors (Lipinski definition) is 7. The second-order valence-corrected chi connectivity index (χ2v) is 9.32. The Bertz CT molecular complexity index is 1230. The first kappa shape index (κ1) is 26.4. The van der Waals surface area contributed by atoms with Gasteiger partial charge in [-0.05, 0) is 51.2 Å². The second kappa shape index (κ2) is 12.5. The second-order valence-electron chi connectivity index (χ2n) is 9.32. The molecule has 3 aromatic rings. The molecule has 1 amide bonds. The average molecular weight is 504 g/mol. The predicted molar refractivity (Wildman–Crippen MR) is 148 cm³/mol. The van der Waals surface area contributed by atoms with Crippen molar-refractivity contribution in [1.29, 1.82) is 0 Å². The SMILES string of the molecule is CC=C(C(=O)Nc1cc2c(N[C@H](C)c3ccccc3)ncnc2cc1OCC1CC1)N(CC)CCOC. The number of hydrogen-bond donors (Lipinski definition) is 2. The largest absolute Gasteiger partial charge is 0.491 e. The summed E-state index contributed by atoms with van der Waals surface area (Å²) in [6.07, 6.45) is 5.74. The van der Waals surface area contributed by atoms with E-state index in [9.17, 15) is 4.79 Å². The fraction of sp³-hybridized carbons (Fsp3) is 0.414. The van der Waals surface area contributed by atoms with Crippen molar-refractivity contribution >= 4 is 28.3 Å². The quantitative estimate of drug-likeness (QED) is 0.302. The molecule has 196 valence electrons. The summed E-state index contributed by atoms with van der Waals surface area (Å²) in [5, 5.41) is 7.42. The molecule has 4 rings (SSSR count). The van der Waals surface area contributed by atoms with Gasteiger partial charge in [-0.1, -0.05) is 36.4 Å². The van der Waals surface area contributed by atoms with Gasteiger partial charge in [0.15, 0.2) is 0 Å². The standard InChI is InChI=1S/C29H37N5O3/c1-5-26(34(6-2)14-15-36-4)29(35)33-25-16-23-24(17-27(25)37-18-21-12-13-21)30-19-31-28(23)32-20(3)22-10-8-7-9-11-22/h5,7-11,16-17,19-21H,6,12-15,18H2,1-4H3,(H,33,35)(H,30,31,32)/t20-/m1/s1. The predicted octanol–water partition coefficient (Wildman–Crippen LogP) is 5.40. The number of nitrogens with zero attached hydrogens (tertiary/aromatic N) is 3. The van der Waals surface area contributed by atoms with E-state index in [1.165, 1.54) is 12.8 Å². The van der Waals surface area contributed by atoms with Crippen LogP contribution in [0.1, 0.15) is 45.2 Å². The molecule has 0 spiro atoms. The minimum Gasteiger partial charge on any atom is -0.491 e. The van der Waals surface area contributed by atoms with Gasteiger partial charge in [0.05, 0.1) is 30.1 Å². The molecule has 1 fully saturated rings. The summed E-state index contributed by atoms with van der Waals surface area (Å²) in [4.78, 5) is 24.5. The van der Waals surface area contributed by atoms with Gasteiger partial charge in [0.2, 0.25) is 0 Å². The Morgan fingerprint density at radius 1 is 1.22 bits per heavy atom. The van der Waals surface area contributed by atoms with E-state index in [0.29, 0.717) is 55.2 Å². The number of allylic oxidation sites excluding steroid dienone is 1. The van der Waals surface area contributed by atoms with Crippen LogP contribution in [0.4, 0.5) is 11.5 Å². The molecule has 0 bridgehead atoms.